The van der Waals surface area contributed by atoms with Gasteiger partial charge in [-0.05, 0) is 48.9 Å². The highest BCUT2D eigenvalue weighted by Crippen LogP contribution is 2.43. The molecule has 0 aromatic rings. The first kappa shape index (κ1) is 18.0. The molecule has 0 amide bonds. The molecule has 1 heteroatoms. The smallest absolute Gasteiger partial charge is 0.00695 e. The summed E-state index contributed by atoms with van der Waals surface area (Å²) in [7, 11) is 0. The first-order valence-corrected chi connectivity index (χ1v) is 7.94. The van der Waals surface area contributed by atoms with Crippen LogP contribution >= 0.6 is 0 Å². The minimum Gasteiger partial charge on any atom is -0.327 e. The first-order valence-electron chi connectivity index (χ1n) is 7.94. The highest BCUT2D eigenvalue weighted by atomic mass is 14.7. The molecule has 18 heavy (non-hydrogen) atoms. The third-order valence-electron chi connectivity index (χ3n) is 5.42. The zero-order chi connectivity index (χ0) is 14.5. The highest BCUT2D eigenvalue weighted by molar-refractivity contribution is 4.91. The Morgan fingerprint density at radius 1 is 0.944 bits per heavy atom. The van der Waals surface area contributed by atoms with Crippen LogP contribution in [-0.2, 0) is 0 Å². The van der Waals surface area contributed by atoms with Crippen molar-refractivity contribution in [2.45, 2.75) is 80.7 Å². The van der Waals surface area contributed by atoms with Crippen molar-refractivity contribution in [1.82, 2.24) is 0 Å². The molecule has 4 unspecified atom stereocenters. The van der Waals surface area contributed by atoms with E-state index in [9.17, 15) is 0 Å². The number of nitrogens with two attached hydrogens (primary N) is 1. The summed E-state index contributed by atoms with van der Waals surface area (Å²) in [6.45, 7) is 18.7. The molecule has 1 nitrogen and oxygen atoms in total. The van der Waals surface area contributed by atoms with Gasteiger partial charge in [-0.15, -0.1) is 0 Å². The van der Waals surface area contributed by atoms with E-state index in [1.54, 1.807) is 0 Å². The van der Waals surface area contributed by atoms with Crippen LogP contribution in [0.1, 0.15) is 74.7 Å². The van der Waals surface area contributed by atoms with Gasteiger partial charge in [0.1, 0.15) is 0 Å². The Morgan fingerprint density at radius 2 is 1.44 bits per heavy atom. The molecule has 0 fully saturated rings. The minimum absolute atomic E-state index is 0.291. The molecule has 0 saturated carbocycles. The summed E-state index contributed by atoms with van der Waals surface area (Å²) >= 11 is 0. The fourth-order valence-electron chi connectivity index (χ4n) is 3.47. The third-order valence-corrected chi connectivity index (χ3v) is 5.42. The van der Waals surface area contributed by atoms with Gasteiger partial charge in [0.2, 0.25) is 0 Å². The summed E-state index contributed by atoms with van der Waals surface area (Å²) in [5, 5.41) is 0. The zero-order valence-electron chi connectivity index (χ0n) is 14.1. The lowest BCUT2D eigenvalue weighted by Crippen LogP contribution is -2.45. The number of rotatable bonds is 8. The van der Waals surface area contributed by atoms with E-state index in [1.807, 2.05) is 0 Å². The van der Waals surface area contributed by atoms with Gasteiger partial charge in [0.25, 0.3) is 0 Å². The topological polar surface area (TPSA) is 26.0 Å². The van der Waals surface area contributed by atoms with E-state index in [0.717, 1.165) is 17.8 Å². The summed E-state index contributed by atoms with van der Waals surface area (Å²) in [5.41, 5.74) is 6.70. The molecule has 0 heterocycles. The average molecular weight is 255 g/mol. The van der Waals surface area contributed by atoms with Crippen LogP contribution < -0.4 is 5.73 Å². The molecule has 0 aliphatic carbocycles. The van der Waals surface area contributed by atoms with E-state index < -0.39 is 0 Å². The van der Waals surface area contributed by atoms with Gasteiger partial charge in [0.15, 0.2) is 0 Å². The van der Waals surface area contributed by atoms with Crippen LogP contribution in [0.4, 0.5) is 0 Å². The molecule has 110 valence electrons. The Bertz CT molecular complexity index is 210. The van der Waals surface area contributed by atoms with Crippen molar-refractivity contribution in [3.05, 3.63) is 0 Å². The van der Waals surface area contributed by atoms with E-state index in [4.69, 9.17) is 5.73 Å². The van der Waals surface area contributed by atoms with E-state index in [-0.39, 0.29) is 0 Å². The van der Waals surface area contributed by atoms with Crippen LogP contribution in [0.15, 0.2) is 0 Å². The largest absolute Gasteiger partial charge is 0.327 e. The maximum atomic E-state index is 6.38. The van der Waals surface area contributed by atoms with Crippen molar-refractivity contribution in [3.8, 4) is 0 Å². The monoisotopic (exact) mass is 255 g/mol. The van der Waals surface area contributed by atoms with Gasteiger partial charge in [-0.3, -0.25) is 0 Å². The Morgan fingerprint density at radius 3 is 1.72 bits per heavy atom. The molecule has 0 aliphatic rings. The maximum Gasteiger partial charge on any atom is 0.00695 e. The molecule has 0 rings (SSSR count). The number of hydrogen-bond donors (Lipinski definition) is 1. The standard InChI is InChI=1S/C17H37N/c1-9-10-17(13(4)5,16(8)18)11-14(6)15(7)12(2)3/h12-16H,9-11,18H2,1-8H3. The summed E-state index contributed by atoms with van der Waals surface area (Å²) in [5.74, 6) is 2.96. The summed E-state index contributed by atoms with van der Waals surface area (Å²) < 4.78 is 0. The SMILES string of the molecule is CCCC(CC(C)C(C)C(C)C)(C(C)C)C(C)N. The maximum absolute atomic E-state index is 6.38. The fourth-order valence-corrected chi connectivity index (χ4v) is 3.47. The lowest BCUT2D eigenvalue weighted by molar-refractivity contribution is 0.0748. The molecule has 0 aromatic carbocycles. The van der Waals surface area contributed by atoms with Crippen LogP contribution in [-0.4, -0.2) is 6.04 Å². The minimum atomic E-state index is 0.291. The number of hydrogen-bond acceptors (Lipinski definition) is 1. The van der Waals surface area contributed by atoms with E-state index >= 15 is 0 Å². The third kappa shape index (κ3) is 4.26. The Balaban J connectivity index is 4.98. The molecule has 0 aromatic heterocycles. The second kappa shape index (κ2) is 7.53. The average Bonchev–Trinajstić information content (AvgIpc) is 2.26. The van der Waals surface area contributed by atoms with E-state index in [2.05, 4.69) is 55.4 Å². The quantitative estimate of drug-likeness (QED) is 0.642. The molecular formula is C17H37N. The van der Waals surface area contributed by atoms with Crippen LogP contribution in [0.5, 0.6) is 0 Å². The van der Waals surface area contributed by atoms with Gasteiger partial charge in [-0.25, -0.2) is 0 Å². The van der Waals surface area contributed by atoms with Crippen molar-refractivity contribution in [2.24, 2.45) is 34.8 Å². The van der Waals surface area contributed by atoms with Gasteiger partial charge in [-0.1, -0.05) is 54.9 Å². The molecule has 0 spiro atoms. The second-order valence-electron chi connectivity index (χ2n) is 7.21. The zero-order valence-corrected chi connectivity index (χ0v) is 14.1. The van der Waals surface area contributed by atoms with Gasteiger partial charge >= 0.3 is 0 Å². The van der Waals surface area contributed by atoms with Gasteiger partial charge in [0, 0.05) is 6.04 Å². The van der Waals surface area contributed by atoms with Crippen LogP contribution in [0, 0.1) is 29.1 Å². The van der Waals surface area contributed by atoms with Crippen LogP contribution in [0.25, 0.3) is 0 Å². The summed E-state index contributed by atoms with van der Waals surface area (Å²) in [6.07, 6.45) is 3.77. The van der Waals surface area contributed by atoms with Gasteiger partial charge < -0.3 is 5.73 Å². The Kier molecular flexibility index (Phi) is 7.51. The fraction of sp³-hybridized carbons (Fsp3) is 1.00. The van der Waals surface area contributed by atoms with Crippen LogP contribution in [0.3, 0.4) is 0 Å². The van der Waals surface area contributed by atoms with E-state index in [0.29, 0.717) is 17.4 Å². The van der Waals surface area contributed by atoms with Crippen molar-refractivity contribution >= 4 is 0 Å². The summed E-state index contributed by atoms with van der Waals surface area (Å²) in [4.78, 5) is 0. The molecule has 0 saturated heterocycles. The molecule has 0 radical (unpaired) electrons. The highest BCUT2D eigenvalue weighted by Gasteiger charge is 2.38. The lowest BCUT2D eigenvalue weighted by Gasteiger charge is -2.44. The molecular weight excluding hydrogens is 218 g/mol. The van der Waals surface area contributed by atoms with Crippen molar-refractivity contribution in [3.63, 3.8) is 0 Å². The van der Waals surface area contributed by atoms with Crippen molar-refractivity contribution in [2.75, 3.05) is 0 Å². The molecule has 0 aliphatic heterocycles. The first-order chi connectivity index (χ1) is 8.19. The van der Waals surface area contributed by atoms with Crippen LogP contribution in [0.2, 0.25) is 0 Å². The van der Waals surface area contributed by atoms with E-state index in [1.165, 1.54) is 19.3 Å². The second-order valence-corrected chi connectivity index (χ2v) is 7.21. The summed E-state index contributed by atoms with van der Waals surface area (Å²) in [6, 6.07) is 0.291. The molecule has 2 N–H and O–H groups in total. The Labute approximate surface area is 116 Å². The predicted octanol–water partition coefficient (Wildman–Crippen LogP) is 5.09. The Hall–Kier alpha value is -0.0400. The molecule has 4 atom stereocenters. The van der Waals surface area contributed by atoms with Crippen molar-refractivity contribution < 1.29 is 0 Å². The van der Waals surface area contributed by atoms with Gasteiger partial charge in [-0.2, -0.15) is 0 Å². The van der Waals surface area contributed by atoms with Gasteiger partial charge in [0.05, 0.1) is 0 Å². The lowest BCUT2D eigenvalue weighted by atomic mass is 9.62. The van der Waals surface area contributed by atoms with Crippen molar-refractivity contribution in [1.29, 1.82) is 0 Å². The predicted molar refractivity (Wildman–Crippen MR) is 83.6 cm³/mol. The molecule has 0 bridgehead atoms. The normalized spacial score (nSPS) is 20.8.